The van der Waals surface area contributed by atoms with Gasteiger partial charge in [0.05, 0.1) is 40.3 Å². The second-order valence-corrected chi connectivity index (χ2v) is 8.64. The number of imide groups is 1. The lowest BCUT2D eigenvalue weighted by Crippen LogP contribution is -2.34. The Morgan fingerprint density at radius 1 is 1.05 bits per heavy atom. The van der Waals surface area contributed by atoms with Crippen LogP contribution in [0.4, 0.5) is 22.7 Å². The maximum Gasteiger partial charge on any atom is 0.307 e. The minimum absolute atomic E-state index is 0.0126. The van der Waals surface area contributed by atoms with Crippen molar-refractivity contribution in [2.24, 2.45) is 10.2 Å². The van der Waals surface area contributed by atoms with Crippen molar-refractivity contribution in [1.82, 2.24) is 4.90 Å². The van der Waals surface area contributed by atoms with Crippen molar-refractivity contribution in [2.45, 2.75) is 13.3 Å². The highest BCUT2D eigenvalue weighted by molar-refractivity contribution is 6.21. The Morgan fingerprint density at radius 3 is 2.33 bits per heavy atom. The number of rotatable bonds is 11. The Kier molecular flexibility index (Phi) is 8.55. The van der Waals surface area contributed by atoms with Crippen LogP contribution < -0.4 is 4.90 Å². The van der Waals surface area contributed by atoms with E-state index in [-0.39, 0.29) is 36.5 Å². The third-order valence-corrected chi connectivity index (χ3v) is 6.22. The van der Waals surface area contributed by atoms with Crippen LogP contribution in [0.3, 0.4) is 0 Å². The molecule has 4 rings (SSSR count). The van der Waals surface area contributed by atoms with E-state index in [9.17, 15) is 29.8 Å². The molecule has 202 valence electrons. The number of azo groups is 1. The molecular weight excluding hydrogens is 516 g/mol. The highest BCUT2D eigenvalue weighted by Crippen LogP contribution is 2.27. The second-order valence-electron chi connectivity index (χ2n) is 8.64. The fourth-order valence-corrected chi connectivity index (χ4v) is 4.12. The van der Waals surface area contributed by atoms with Crippen LogP contribution in [0.1, 0.15) is 39.6 Å². The number of amides is 2. The third-order valence-electron chi connectivity index (χ3n) is 6.22. The van der Waals surface area contributed by atoms with Crippen molar-refractivity contribution in [2.75, 3.05) is 31.1 Å². The summed E-state index contributed by atoms with van der Waals surface area (Å²) in [5, 5.41) is 28.3. The molecule has 0 N–H and O–H groups in total. The van der Waals surface area contributed by atoms with Gasteiger partial charge in [0.25, 0.3) is 17.5 Å². The van der Waals surface area contributed by atoms with E-state index in [1.165, 1.54) is 12.1 Å². The molecule has 12 heteroatoms. The van der Waals surface area contributed by atoms with Gasteiger partial charge in [-0.2, -0.15) is 10.4 Å². The van der Waals surface area contributed by atoms with Crippen LogP contribution in [0.15, 0.2) is 77.0 Å². The molecule has 0 saturated carbocycles. The lowest BCUT2D eigenvalue weighted by Gasteiger charge is -2.22. The summed E-state index contributed by atoms with van der Waals surface area (Å²) in [6.45, 7) is 2.86. The molecule has 12 nitrogen and oxygen atoms in total. The molecule has 3 aromatic rings. The summed E-state index contributed by atoms with van der Waals surface area (Å²) >= 11 is 0. The fraction of sp³-hybridized carbons (Fsp3) is 0.214. The number of nitriles is 1. The quantitative estimate of drug-likeness (QED) is 0.109. The zero-order valence-corrected chi connectivity index (χ0v) is 21.5. The van der Waals surface area contributed by atoms with Gasteiger partial charge in [-0.05, 0) is 49.4 Å². The van der Waals surface area contributed by atoms with E-state index >= 15 is 0 Å². The molecule has 1 aliphatic rings. The number of hydrogen-bond acceptors (Lipinski definition) is 10. The fourth-order valence-electron chi connectivity index (χ4n) is 4.12. The minimum atomic E-state index is -0.585. The van der Waals surface area contributed by atoms with Crippen molar-refractivity contribution in [1.29, 1.82) is 5.26 Å². The predicted octanol–water partition coefficient (Wildman–Crippen LogP) is 4.94. The number of nitro groups is 1. The summed E-state index contributed by atoms with van der Waals surface area (Å²) in [4.78, 5) is 50.5. The summed E-state index contributed by atoms with van der Waals surface area (Å²) in [5.41, 5.74) is 2.11. The van der Waals surface area contributed by atoms with E-state index in [0.717, 1.165) is 16.7 Å². The van der Waals surface area contributed by atoms with E-state index in [0.29, 0.717) is 29.9 Å². The number of carbonyl (C=O) groups is 3. The van der Waals surface area contributed by atoms with Crippen molar-refractivity contribution in [3.8, 4) is 6.07 Å². The number of nitrogens with zero attached hydrogens (tertiary/aromatic N) is 6. The van der Waals surface area contributed by atoms with Crippen LogP contribution >= 0.6 is 0 Å². The minimum Gasteiger partial charge on any atom is -0.464 e. The summed E-state index contributed by atoms with van der Waals surface area (Å²) in [5.74, 6) is -1.23. The van der Waals surface area contributed by atoms with E-state index < -0.39 is 22.7 Å². The molecule has 0 fully saturated rings. The predicted molar refractivity (Wildman–Crippen MR) is 144 cm³/mol. The monoisotopic (exact) mass is 540 g/mol. The molecule has 0 spiro atoms. The first-order valence-corrected chi connectivity index (χ1v) is 12.4. The van der Waals surface area contributed by atoms with Crippen molar-refractivity contribution in [3.05, 3.63) is 93.5 Å². The van der Waals surface area contributed by atoms with Crippen molar-refractivity contribution in [3.63, 3.8) is 0 Å². The van der Waals surface area contributed by atoms with Gasteiger partial charge in [-0.3, -0.25) is 29.4 Å². The van der Waals surface area contributed by atoms with Crippen LogP contribution in [0.2, 0.25) is 0 Å². The van der Waals surface area contributed by atoms with Crippen molar-refractivity contribution >= 4 is 40.5 Å². The Hall–Kier alpha value is -5.44. The summed E-state index contributed by atoms with van der Waals surface area (Å²) in [6.07, 6.45) is 0.106. The number of non-ortho nitro benzene ring substituents is 1. The summed E-state index contributed by atoms with van der Waals surface area (Å²) < 4.78 is 5.26. The summed E-state index contributed by atoms with van der Waals surface area (Å²) in [6, 6.07) is 19.3. The number of carbonyl (C=O) groups excluding carboxylic acids is 3. The van der Waals surface area contributed by atoms with Gasteiger partial charge in [-0.15, -0.1) is 5.11 Å². The van der Waals surface area contributed by atoms with E-state index in [1.54, 1.807) is 36.4 Å². The lowest BCUT2D eigenvalue weighted by molar-refractivity contribution is -0.384. The molecule has 0 unspecified atom stereocenters. The van der Waals surface area contributed by atoms with Crippen LogP contribution in [-0.2, 0) is 9.53 Å². The Labute approximate surface area is 229 Å². The van der Waals surface area contributed by atoms with E-state index in [1.807, 2.05) is 30.0 Å². The van der Waals surface area contributed by atoms with Gasteiger partial charge in [0.15, 0.2) is 0 Å². The average Bonchev–Trinajstić information content (AvgIpc) is 3.21. The molecule has 3 aromatic carbocycles. The third kappa shape index (κ3) is 6.16. The van der Waals surface area contributed by atoms with Crippen molar-refractivity contribution < 1.29 is 24.0 Å². The number of fused-ring (bicyclic) bond motifs is 1. The van der Waals surface area contributed by atoms with Gasteiger partial charge < -0.3 is 9.64 Å². The average molecular weight is 541 g/mol. The van der Waals surface area contributed by atoms with Crippen LogP contribution in [0, 0.1) is 21.4 Å². The number of benzene rings is 3. The molecule has 0 radical (unpaired) electrons. The van der Waals surface area contributed by atoms with Crippen LogP contribution in [-0.4, -0.2) is 53.8 Å². The van der Waals surface area contributed by atoms with Gasteiger partial charge in [0.2, 0.25) is 0 Å². The molecular formula is C28H24N6O6. The summed E-state index contributed by atoms with van der Waals surface area (Å²) in [7, 11) is 0. The molecule has 1 heterocycles. The number of nitro benzene ring substituents is 1. The smallest absolute Gasteiger partial charge is 0.307 e. The Bertz CT molecular complexity index is 1490. The van der Waals surface area contributed by atoms with E-state index in [2.05, 4.69) is 10.2 Å². The lowest BCUT2D eigenvalue weighted by atomic mass is 10.1. The Balaban J connectivity index is 1.27. The zero-order chi connectivity index (χ0) is 28.6. The first kappa shape index (κ1) is 27.6. The topological polar surface area (TPSA) is 159 Å². The number of ether oxygens (including phenoxy) is 1. The van der Waals surface area contributed by atoms with Gasteiger partial charge in [0, 0.05) is 30.9 Å². The molecule has 0 saturated heterocycles. The highest BCUT2D eigenvalue weighted by Gasteiger charge is 2.34. The molecule has 1 aliphatic heterocycles. The zero-order valence-electron chi connectivity index (χ0n) is 21.5. The molecule has 40 heavy (non-hydrogen) atoms. The SMILES string of the molecule is CCN(CCC(=O)OCCN1C(=O)c2ccccc2C1=O)c1ccc(N=Nc2ccc([N+](=O)[O-])cc2C#N)cc1. The first-order valence-electron chi connectivity index (χ1n) is 12.4. The van der Waals surface area contributed by atoms with Gasteiger partial charge in [-0.25, -0.2) is 0 Å². The maximum absolute atomic E-state index is 12.4. The maximum atomic E-state index is 12.4. The Morgan fingerprint density at radius 2 is 1.73 bits per heavy atom. The molecule has 0 bridgehead atoms. The van der Waals surface area contributed by atoms with Crippen LogP contribution in [0.5, 0.6) is 0 Å². The largest absolute Gasteiger partial charge is 0.464 e. The van der Waals surface area contributed by atoms with Gasteiger partial charge in [0.1, 0.15) is 18.4 Å². The molecule has 0 atom stereocenters. The number of hydrogen-bond donors (Lipinski definition) is 0. The standard InChI is InChI=1S/C28H24N6O6/c1-2-32(14-13-26(35)40-16-15-33-27(36)23-5-3-4-6-24(23)28(33)37)21-9-7-20(8-10-21)30-31-25-12-11-22(34(38)39)17-19(25)18-29/h3-12,17H,2,13-16H2,1H3. The molecule has 0 aliphatic carbocycles. The molecule has 0 aromatic heterocycles. The van der Waals surface area contributed by atoms with Gasteiger partial charge >= 0.3 is 5.97 Å². The van der Waals surface area contributed by atoms with E-state index in [4.69, 9.17) is 4.74 Å². The highest BCUT2D eigenvalue weighted by atomic mass is 16.6. The first-order chi connectivity index (χ1) is 19.3. The normalized spacial score (nSPS) is 12.3. The molecule has 2 amide bonds. The number of esters is 1. The number of anilines is 1. The second kappa shape index (κ2) is 12.4. The van der Waals surface area contributed by atoms with Gasteiger partial charge in [-0.1, -0.05) is 12.1 Å². The van der Waals surface area contributed by atoms with Crippen LogP contribution in [0.25, 0.3) is 0 Å².